The van der Waals surface area contributed by atoms with Gasteiger partial charge in [0, 0.05) is 38.3 Å². The molecule has 0 bridgehead atoms. The molecule has 29 heavy (non-hydrogen) atoms. The number of amides is 3. The molecule has 0 unspecified atom stereocenters. The van der Waals surface area contributed by atoms with Crippen LogP contribution in [-0.2, 0) is 17.8 Å². The predicted molar refractivity (Wildman–Crippen MR) is 115 cm³/mol. The lowest BCUT2D eigenvalue weighted by Gasteiger charge is -2.28. The average molecular weight is 419 g/mol. The smallest absolute Gasteiger partial charge is 0.317 e. The summed E-state index contributed by atoms with van der Waals surface area (Å²) in [7, 11) is 0. The Labute approximate surface area is 177 Å². The molecule has 3 amide bonds. The van der Waals surface area contributed by atoms with Gasteiger partial charge in [-0.25, -0.2) is 4.79 Å². The summed E-state index contributed by atoms with van der Waals surface area (Å²) < 4.78 is 5.40. The van der Waals surface area contributed by atoms with Gasteiger partial charge in [-0.05, 0) is 41.8 Å². The first-order chi connectivity index (χ1) is 13.7. The summed E-state index contributed by atoms with van der Waals surface area (Å²) in [5.41, 5.74) is 8.56. The fraction of sp³-hybridized carbons (Fsp3) is 0.333. The molecule has 1 heterocycles. The van der Waals surface area contributed by atoms with Crippen LogP contribution in [0.4, 0.5) is 10.5 Å². The zero-order valence-corrected chi connectivity index (χ0v) is 17.0. The largest absolute Gasteiger partial charge is 0.492 e. The lowest BCUT2D eigenvalue weighted by molar-refractivity contribution is -0.116. The Morgan fingerprint density at radius 2 is 1.79 bits per heavy atom. The highest BCUT2D eigenvalue weighted by atomic mass is 35.5. The van der Waals surface area contributed by atoms with E-state index in [-0.39, 0.29) is 30.8 Å². The van der Waals surface area contributed by atoms with E-state index in [0.29, 0.717) is 44.2 Å². The van der Waals surface area contributed by atoms with Gasteiger partial charge in [-0.2, -0.15) is 0 Å². The molecule has 0 saturated carbocycles. The van der Waals surface area contributed by atoms with Gasteiger partial charge in [-0.3, -0.25) is 4.79 Å². The molecule has 0 spiro atoms. The highest BCUT2D eigenvalue weighted by molar-refractivity contribution is 5.91. The number of nitrogens with one attached hydrogen (secondary N) is 2. The molecule has 0 saturated heterocycles. The number of halogens is 1. The zero-order valence-electron chi connectivity index (χ0n) is 16.2. The Hall–Kier alpha value is -2.77. The summed E-state index contributed by atoms with van der Waals surface area (Å²) in [6.07, 6.45) is 1.07. The average Bonchev–Trinajstić information content (AvgIpc) is 2.72. The predicted octanol–water partition coefficient (Wildman–Crippen LogP) is 2.54. The van der Waals surface area contributed by atoms with Gasteiger partial charge in [0.15, 0.2) is 0 Å². The molecule has 8 heteroatoms. The first-order valence-corrected chi connectivity index (χ1v) is 9.48. The Morgan fingerprint density at radius 1 is 1.07 bits per heavy atom. The number of benzene rings is 2. The van der Waals surface area contributed by atoms with E-state index < -0.39 is 0 Å². The van der Waals surface area contributed by atoms with E-state index in [2.05, 4.69) is 22.8 Å². The van der Waals surface area contributed by atoms with Gasteiger partial charge in [-0.1, -0.05) is 24.3 Å². The highest BCUT2D eigenvalue weighted by Gasteiger charge is 2.20. The third-order valence-corrected chi connectivity index (χ3v) is 4.57. The van der Waals surface area contributed by atoms with Crippen molar-refractivity contribution in [2.45, 2.75) is 19.4 Å². The van der Waals surface area contributed by atoms with Crippen molar-refractivity contribution in [1.82, 2.24) is 10.2 Å². The van der Waals surface area contributed by atoms with E-state index in [9.17, 15) is 9.59 Å². The number of nitrogens with zero attached hydrogens (tertiary/aromatic N) is 1. The summed E-state index contributed by atoms with van der Waals surface area (Å²) in [5, 5.41) is 5.63. The number of anilines is 1. The van der Waals surface area contributed by atoms with Crippen LogP contribution in [0.1, 0.15) is 17.5 Å². The number of carbonyl (C=O) groups is 2. The molecular weight excluding hydrogens is 392 g/mol. The molecule has 7 nitrogen and oxygen atoms in total. The van der Waals surface area contributed by atoms with Crippen molar-refractivity contribution >= 4 is 30.0 Å². The molecule has 1 aliphatic rings. The first kappa shape index (κ1) is 22.5. The second kappa shape index (κ2) is 11.3. The number of hydrogen-bond donors (Lipinski definition) is 3. The number of urea groups is 1. The third kappa shape index (κ3) is 6.66. The third-order valence-electron chi connectivity index (χ3n) is 4.57. The number of carbonyl (C=O) groups excluding carboxylic acids is 2. The maximum absolute atomic E-state index is 12.3. The lowest BCUT2D eigenvalue weighted by Crippen LogP contribution is -2.43. The van der Waals surface area contributed by atoms with Gasteiger partial charge in [0.25, 0.3) is 0 Å². The van der Waals surface area contributed by atoms with Gasteiger partial charge in [0.05, 0.1) is 0 Å². The second-order valence-corrected chi connectivity index (χ2v) is 6.63. The van der Waals surface area contributed by atoms with Gasteiger partial charge >= 0.3 is 6.03 Å². The van der Waals surface area contributed by atoms with Crippen molar-refractivity contribution in [3.8, 4) is 5.75 Å². The van der Waals surface area contributed by atoms with Crippen LogP contribution in [-0.4, -0.2) is 43.1 Å². The van der Waals surface area contributed by atoms with Crippen LogP contribution >= 0.6 is 12.4 Å². The topological polar surface area (TPSA) is 96.7 Å². The van der Waals surface area contributed by atoms with Crippen molar-refractivity contribution in [2.24, 2.45) is 5.73 Å². The Balaban J connectivity index is 0.00000300. The van der Waals surface area contributed by atoms with Gasteiger partial charge in [0.1, 0.15) is 12.4 Å². The minimum absolute atomic E-state index is 0. The van der Waals surface area contributed by atoms with Crippen molar-refractivity contribution in [3.63, 3.8) is 0 Å². The summed E-state index contributed by atoms with van der Waals surface area (Å²) >= 11 is 0. The number of fused-ring (bicyclic) bond motifs is 1. The van der Waals surface area contributed by atoms with E-state index in [1.807, 2.05) is 12.1 Å². The minimum atomic E-state index is -0.153. The van der Waals surface area contributed by atoms with Crippen molar-refractivity contribution in [2.75, 3.05) is 31.6 Å². The van der Waals surface area contributed by atoms with E-state index in [1.165, 1.54) is 11.1 Å². The van der Waals surface area contributed by atoms with Crippen LogP contribution in [0.25, 0.3) is 0 Å². The summed E-state index contributed by atoms with van der Waals surface area (Å²) in [6, 6.07) is 15.1. The maximum Gasteiger partial charge on any atom is 0.317 e. The number of hydrogen-bond acceptors (Lipinski definition) is 4. The molecule has 1 aliphatic heterocycles. The molecule has 4 N–H and O–H groups in total. The van der Waals surface area contributed by atoms with Crippen molar-refractivity contribution in [1.29, 1.82) is 0 Å². The maximum atomic E-state index is 12.3. The molecule has 156 valence electrons. The number of rotatable bonds is 7. The van der Waals surface area contributed by atoms with E-state index in [1.54, 1.807) is 29.2 Å². The Kier molecular flexibility index (Phi) is 8.76. The fourth-order valence-corrected chi connectivity index (χ4v) is 3.10. The Morgan fingerprint density at radius 3 is 2.52 bits per heavy atom. The monoisotopic (exact) mass is 418 g/mol. The molecule has 2 aromatic carbocycles. The van der Waals surface area contributed by atoms with Gasteiger partial charge in [-0.15, -0.1) is 12.4 Å². The molecule has 0 atom stereocenters. The van der Waals surface area contributed by atoms with Crippen LogP contribution in [0.3, 0.4) is 0 Å². The Bertz CT molecular complexity index is 814. The second-order valence-electron chi connectivity index (χ2n) is 6.63. The van der Waals surface area contributed by atoms with Gasteiger partial charge < -0.3 is 26.0 Å². The van der Waals surface area contributed by atoms with E-state index in [0.717, 1.165) is 6.42 Å². The van der Waals surface area contributed by atoms with Crippen molar-refractivity contribution in [3.05, 3.63) is 59.7 Å². The highest BCUT2D eigenvalue weighted by Crippen LogP contribution is 2.18. The van der Waals surface area contributed by atoms with E-state index in [4.69, 9.17) is 10.5 Å². The summed E-state index contributed by atoms with van der Waals surface area (Å²) in [4.78, 5) is 26.2. The SMILES string of the molecule is Cl.NCCOc1ccc(NC(=O)CCNC(=O)N2CCc3ccccc3C2)cc1. The molecule has 0 radical (unpaired) electrons. The first-order valence-electron chi connectivity index (χ1n) is 9.48. The van der Waals surface area contributed by atoms with Crippen LogP contribution in [0, 0.1) is 0 Å². The standard InChI is InChI=1S/C21H26N4O3.ClH/c22-11-14-28-19-7-5-18(6-8-19)24-20(26)9-12-23-21(27)25-13-10-16-3-1-2-4-17(16)15-25;/h1-8H,9-15,22H2,(H,23,27)(H,24,26);1H. The zero-order chi connectivity index (χ0) is 19.8. The number of ether oxygens (including phenoxy) is 1. The molecule has 0 aliphatic carbocycles. The van der Waals surface area contributed by atoms with Crippen molar-refractivity contribution < 1.29 is 14.3 Å². The molecule has 3 rings (SSSR count). The minimum Gasteiger partial charge on any atom is -0.492 e. The molecule has 0 aromatic heterocycles. The normalized spacial score (nSPS) is 12.4. The fourth-order valence-electron chi connectivity index (χ4n) is 3.10. The molecular formula is C21H27ClN4O3. The lowest BCUT2D eigenvalue weighted by atomic mass is 10.0. The van der Waals surface area contributed by atoms with Crippen LogP contribution in [0.5, 0.6) is 5.75 Å². The van der Waals surface area contributed by atoms with Crippen LogP contribution in [0.2, 0.25) is 0 Å². The summed E-state index contributed by atoms with van der Waals surface area (Å²) in [6.45, 7) is 2.49. The quantitative estimate of drug-likeness (QED) is 0.643. The van der Waals surface area contributed by atoms with E-state index >= 15 is 0 Å². The van der Waals surface area contributed by atoms with Crippen LogP contribution < -0.4 is 21.1 Å². The summed E-state index contributed by atoms with van der Waals surface area (Å²) in [5.74, 6) is 0.554. The molecule has 2 aromatic rings. The number of nitrogens with two attached hydrogens (primary N) is 1. The molecule has 0 fully saturated rings. The van der Waals surface area contributed by atoms with Gasteiger partial charge in [0.2, 0.25) is 5.91 Å². The van der Waals surface area contributed by atoms with Crippen LogP contribution in [0.15, 0.2) is 48.5 Å².